The minimum absolute atomic E-state index is 0.0698. The van der Waals surface area contributed by atoms with Gasteiger partial charge in [-0.05, 0) is 42.7 Å². The van der Waals surface area contributed by atoms with E-state index in [1.165, 1.54) is 0 Å². The van der Waals surface area contributed by atoms with Crippen LogP contribution in [-0.4, -0.2) is 24.4 Å². The van der Waals surface area contributed by atoms with Crippen LogP contribution in [0, 0.1) is 11.3 Å². The van der Waals surface area contributed by atoms with Gasteiger partial charge in [-0.1, -0.05) is 26.8 Å². The average molecular weight is 278 g/mol. The SMILES string of the molecule is CO[C@@H]1CC(C(C)(C)C)CC[C@H]1Oc1cccc(O)c1. The highest BCUT2D eigenvalue weighted by molar-refractivity contribution is 5.32. The molecule has 0 amide bonds. The van der Waals surface area contributed by atoms with E-state index in [2.05, 4.69) is 20.8 Å². The van der Waals surface area contributed by atoms with Crippen molar-refractivity contribution < 1.29 is 14.6 Å². The number of hydrogen-bond acceptors (Lipinski definition) is 3. The number of phenols is 1. The van der Waals surface area contributed by atoms with Crippen molar-refractivity contribution in [1.82, 2.24) is 0 Å². The summed E-state index contributed by atoms with van der Waals surface area (Å²) in [6.45, 7) is 6.88. The minimum Gasteiger partial charge on any atom is -0.508 e. The van der Waals surface area contributed by atoms with Crippen molar-refractivity contribution >= 4 is 0 Å². The van der Waals surface area contributed by atoms with Gasteiger partial charge in [-0.3, -0.25) is 0 Å². The predicted octanol–water partition coefficient (Wildman–Crippen LogP) is 4.00. The normalized spacial score (nSPS) is 27.3. The van der Waals surface area contributed by atoms with Gasteiger partial charge in [-0.25, -0.2) is 0 Å². The number of phenolic OH excluding ortho intramolecular Hbond substituents is 1. The van der Waals surface area contributed by atoms with Gasteiger partial charge in [0.2, 0.25) is 0 Å². The molecule has 0 saturated heterocycles. The van der Waals surface area contributed by atoms with Crippen molar-refractivity contribution in [2.24, 2.45) is 11.3 Å². The van der Waals surface area contributed by atoms with Crippen LogP contribution in [0.4, 0.5) is 0 Å². The van der Waals surface area contributed by atoms with Gasteiger partial charge < -0.3 is 14.6 Å². The average Bonchev–Trinajstić information content (AvgIpc) is 2.38. The van der Waals surface area contributed by atoms with Crippen LogP contribution in [0.25, 0.3) is 0 Å². The van der Waals surface area contributed by atoms with Crippen LogP contribution in [0.5, 0.6) is 11.5 Å². The summed E-state index contributed by atoms with van der Waals surface area (Å²) in [5.74, 6) is 1.61. The van der Waals surface area contributed by atoms with Crippen molar-refractivity contribution in [3.8, 4) is 11.5 Å². The van der Waals surface area contributed by atoms with Crippen LogP contribution >= 0.6 is 0 Å². The molecule has 0 heterocycles. The molecule has 0 radical (unpaired) electrons. The zero-order chi connectivity index (χ0) is 14.8. The Morgan fingerprint density at radius 3 is 2.50 bits per heavy atom. The molecule has 0 aliphatic heterocycles. The molecule has 1 saturated carbocycles. The molecule has 112 valence electrons. The summed E-state index contributed by atoms with van der Waals surface area (Å²) < 4.78 is 11.7. The van der Waals surface area contributed by atoms with Gasteiger partial charge in [0.15, 0.2) is 0 Å². The second kappa shape index (κ2) is 6.04. The quantitative estimate of drug-likeness (QED) is 0.908. The Balaban J connectivity index is 2.02. The van der Waals surface area contributed by atoms with Crippen LogP contribution in [0.1, 0.15) is 40.0 Å². The Morgan fingerprint density at radius 1 is 1.15 bits per heavy atom. The molecule has 1 aliphatic carbocycles. The molecule has 3 atom stereocenters. The highest BCUT2D eigenvalue weighted by atomic mass is 16.5. The number of rotatable bonds is 3. The van der Waals surface area contributed by atoms with E-state index in [1.54, 1.807) is 25.3 Å². The summed E-state index contributed by atoms with van der Waals surface area (Å²) >= 11 is 0. The fourth-order valence-electron chi connectivity index (χ4n) is 3.00. The largest absolute Gasteiger partial charge is 0.508 e. The molecule has 3 heteroatoms. The van der Waals surface area contributed by atoms with Crippen molar-refractivity contribution in [3.05, 3.63) is 24.3 Å². The first-order valence-corrected chi connectivity index (χ1v) is 7.38. The summed E-state index contributed by atoms with van der Waals surface area (Å²) in [5, 5.41) is 9.50. The molecule has 20 heavy (non-hydrogen) atoms. The second-order valence-electron chi connectivity index (χ2n) is 6.80. The fraction of sp³-hybridized carbons (Fsp3) is 0.647. The molecule has 1 N–H and O–H groups in total. The van der Waals surface area contributed by atoms with Crippen molar-refractivity contribution in [1.29, 1.82) is 0 Å². The van der Waals surface area contributed by atoms with Gasteiger partial charge >= 0.3 is 0 Å². The number of ether oxygens (including phenoxy) is 2. The highest BCUT2D eigenvalue weighted by Crippen LogP contribution is 2.39. The summed E-state index contributed by atoms with van der Waals surface area (Å²) in [6.07, 6.45) is 3.38. The first-order valence-electron chi connectivity index (χ1n) is 7.38. The maximum Gasteiger partial charge on any atom is 0.125 e. The number of hydrogen-bond donors (Lipinski definition) is 1. The maximum absolute atomic E-state index is 9.50. The maximum atomic E-state index is 9.50. The number of methoxy groups -OCH3 is 1. The van der Waals surface area contributed by atoms with E-state index in [0.717, 1.165) is 19.3 Å². The Labute approximate surface area is 121 Å². The zero-order valence-electron chi connectivity index (χ0n) is 12.9. The van der Waals surface area contributed by atoms with E-state index in [0.29, 0.717) is 17.1 Å². The van der Waals surface area contributed by atoms with Crippen molar-refractivity contribution in [2.45, 2.75) is 52.2 Å². The first kappa shape index (κ1) is 15.2. The predicted molar refractivity (Wildman–Crippen MR) is 80.1 cm³/mol. The lowest BCUT2D eigenvalue weighted by molar-refractivity contribution is -0.0540. The molecule has 1 fully saturated rings. The monoisotopic (exact) mass is 278 g/mol. The van der Waals surface area contributed by atoms with E-state index in [4.69, 9.17) is 9.47 Å². The van der Waals surface area contributed by atoms with Crippen molar-refractivity contribution in [3.63, 3.8) is 0 Å². The van der Waals surface area contributed by atoms with E-state index in [-0.39, 0.29) is 18.0 Å². The van der Waals surface area contributed by atoms with E-state index < -0.39 is 0 Å². The molecular weight excluding hydrogens is 252 g/mol. The topological polar surface area (TPSA) is 38.7 Å². The fourth-order valence-corrected chi connectivity index (χ4v) is 3.00. The zero-order valence-corrected chi connectivity index (χ0v) is 12.9. The lowest BCUT2D eigenvalue weighted by atomic mass is 9.71. The Kier molecular flexibility index (Phi) is 4.59. The van der Waals surface area contributed by atoms with Crippen LogP contribution in [-0.2, 0) is 4.74 Å². The molecule has 1 unspecified atom stereocenters. The van der Waals surface area contributed by atoms with Crippen LogP contribution in [0.2, 0.25) is 0 Å². The van der Waals surface area contributed by atoms with Crippen molar-refractivity contribution in [2.75, 3.05) is 7.11 Å². The number of aromatic hydroxyl groups is 1. The number of benzene rings is 1. The lowest BCUT2D eigenvalue weighted by Crippen LogP contribution is -2.42. The Hall–Kier alpha value is -1.22. The summed E-state index contributed by atoms with van der Waals surface area (Å²) in [6, 6.07) is 6.98. The van der Waals surface area contributed by atoms with Gasteiger partial charge in [0.25, 0.3) is 0 Å². The van der Waals surface area contributed by atoms with Crippen LogP contribution in [0.3, 0.4) is 0 Å². The van der Waals surface area contributed by atoms with Gasteiger partial charge in [-0.15, -0.1) is 0 Å². The van der Waals surface area contributed by atoms with Crippen LogP contribution < -0.4 is 4.74 Å². The molecule has 0 bridgehead atoms. The third-order valence-electron chi connectivity index (χ3n) is 4.36. The van der Waals surface area contributed by atoms with E-state index in [1.807, 2.05) is 6.07 Å². The van der Waals surface area contributed by atoms with Gasteiger partial charge in [0, 0.05) is 13.2 Å². The minimum atomic E-state index is 0.0698. The molecule has 2 rings (SSSR count). The Morgan fingerprint density at radius 2 is 1.90 bits per heavy atom. The molecule has 0 aromatic heterocycles. The lowest BCUT2D eigenvalue weighted by Gasteiger charge is -2.41. The van der Waals surface area contributed by atoms with Gasteiger partial charge in [0.1, 0.15) is 17.6 Å². The molecule has 1 aromatic rings. The molecule has 1 aliphatic rings. The molecule has 1 aromatic carbocycles. The smallest absolute Gasteiger partial charge is 0.125 e. The first-order chi connectivity index (χ1) is 9.40. The van der Waals surface area contributed by atoms with Gasteiger partial charge in [-0.2, -0.15) is 0 Å². The van der Waals surface area contributed by atoms with E-state index in [9.17, 15) is 5.11 Å². The summed E-state index contributed by atoms with van der Waals surface area (Å²) in [7, 11) is 1.76. The standard InChI is InChI=1S/C17H26O3/c1-17(2,3)12-8-9-15(16(10-12)19-4)20-14-7-5-6-13(18)11-14/h5-7,11-12,15-16,18H,8-10H2,1-4H3/t12?,15-,16-/m1/s1. The van der Waals surface area contributed by atoms with E-state index >= 15 is 0 Å². The highest BCUT2D eigenvalue weighted by Gasteiger charge is 2.37. The summed E-state index contributed by atoms with van der Waals surface area (Å²) in [5.41, 5.74) is 0.312. The molecular formula is C17H26O3. The molecule has 0 spiro atoms. The second-order valence-corrected chi connectivity index (χ2v) is 6.80. The van der Waals surface area contributed by atoms with Gasteiger partial charge in [0.05, 0.1) is 6.10 Å². The van der Waals surface area contributed by atoms with Crippen LogP contribution in [0.15, 0.2) is 24.3 Å². The molecule has 3 nitrogen and oxygen atoms in total. The third kappa shape index (κ3) is 3.66. The summed E-state index contributed by atoms with van der Waals surface area (Å²) in [4.78, 5) is 0. The Bertz CT molecular complexity index is 436. The third-order valence-corrected chi connectivity index (χ3v) is 4.36.